The summed E-state index contributed by atoms with van der Waals surface area (Å²) in [5.41, 5.74) is 2.69. The number of thioether (sulfide) groups is 1. The van der Waals surface area contributed by atoms with Crippen LogP contribution in [0.3, 0.4) is 0 Å². The van der Waals surface area contributed by atoms with Crippen LogP contribution in [0, 0.1) is 17.8 Å². The van der Waals surface area contributed by atoms with Gasteiger partial charge < -0.3 is 4.74 Å². The number of ether oxygens (including phenoxy) is 1. The fourth-order valence-corrected chi connectivity index (χ4v) is 7.17. The number of hydrazone groups is 1. The second-order valence-electron chi connectivity index (χ2n) is 8.66. The molecule has 4 saturated carbocycles. The van der Waals surface area contributed by atoms with E-state index in [2.05, 4.69) is 23.3 Å². The minimum Gasteiger partial charge on any atom is -0.496 e. The zero-order chi connectivity index (χ0) is 18.6. The molecule has 1 amide bonds. The minimum atomic E-state index is -0.0579. The van der Waals surface area contributed by atoms with Crippen molar-refractivity contribution in [1.29, 1.82) is 0 Å². The lowest BCUT2D eigenvalue weighted by molar-refractivity contribution is -0.123. The summed E-state index contributed by atoms with van der Waals surface area (Å²) >= 11 is 6.58. The number of carbonyl (C=O) groups is 1. The predicted molar refractivity (Wildman–Crippen MR) is 112 cm³/mol. The lowest BCUT2D eigenvalue weighted by Crippen LogP contribution is -2.48. The summed E-state index contributed by atoms with van der Waals surface area (Å²) in [6.07, 6.45) is 10.0. The van der Waals surface area contributed by atoms with E-state index in [9.17, 15) is 4.79 Å². The van der Waals surface area contributed by atoms with Crippen LogP contribution in [0.2, 0.25) is 0 Å². The van der Waals surface area contributed by atoms with Crippen molar-refractivity contribution in [3.05, 3.63) is 29.3 Å². The van der Waals surface area contributed by atoms with Crippen molar-refractivity contribution in [2.45, 2.75) is 43.9 Å². The lowest BCUT2D eigenvalue weighted by atomic mass is 9.48. The van der Waals surface area contributed by atoms with Gasteiger partial charge in [-0.25, -0.2) is 0 Å². The quantitative estimate of drug-likeness (QED) is 0.556. The highest BCUT2D eigenvalue weighted by molar-refractivity contribution is 8.23. The van der Waals surface area contributed by atoms with E-state index in [0.717, 1.165) is 29.1 Å². The van der Waals surface area contributed by atoms with Gasteiger partial charge >= 0.3 is 0 Å². The second kappa shape index (κ2) is 6.59. The van der Waals surface area contributed by atoms with E-state index in [1.54, 1.807) is 13.3 Å². The number of methoxy groups -OCH3 is 1. The highest BCUT2D eigenvalue weighted by atomic mass is 32.2. The van der Waals surface area contributed by atoms with Crippen LogP contribution < -0.4 is 4.74 Å². The van der Waals surface area contributed by atoms with E-state index in [1.807, 2.05) is 0 Å². The average Bonchev–Trinajstić information content (AvgIpc) is 2.96. The average molecular weight is 401 g/mol. The van der Waals surface area contributed by atoms with E-state index >= 15 is 0 Å². The van der Waals surface area contributed by atoms with E-state index < -0.39 is 0 Å². The van der Waals surface area contributed by atoms with E-state index in [-0.39, 0.29) is 5.91 Å². The number of rotatable bonds is 4. The van der Waals surface area contributed by atoms with Gasteiger partial charge in [-0.2, -0.15) is 10.1 Å². The molecule has 1 aromatic rings. The van der Waals surface area contributed by atoms with E-state index in [4.69, 9.17) is 17.0 Å². The van der Waals surface area contributed by atoms with Crippen molar-refractivity contribution in [2.75, 3.05) is 12.9 Å². The Hall–Kier alpha value is -1.40. The third-order valence-electron chi connectivity index (χ3n) is 6.92. The smallest absolute Gasteiger partial charge is 0.259 e. The first-order chi connectivity index (χ1) is 13.1. The van der Waals surface area contributed by atoms with E-state index in [1.165, 1.54) is 60.9 Å². The van der Waals surface area contributed by atoms with Crippen molar-refractivity contribution >= 4 is 40.4 Å². The number of carbonyl (C=O) groups excluding carboxylic acids is 1. The summed E-state index contributed by atoms with van der Waals surface area (Å²) in [5, 5.41) is 5.70. The summed E-state index contributed by atoms with van der Waals surface area (Å²) in [5.74, 6) is 3.84. The molecule has 0 unspecified atom stereocenters. The second-order valence-corrected chi connectivity index (χ2v) is 10.3. The molecule has 1 heterocycles. The number of benzene rings is 1. The normalized spacial score (nSPS) is 34.9. The molecule has 6 rings (SSSR count). The van der Waals surface area contributed by atoms with Gasteiger partial charge in [0.2, 0.25) is 0 Å². The maximum Gasteiger partial charge on any atom is 0.259 e. The summed E-state index contributed by atoms with van der Waals surface area (Å²) in [6.45, 7) is 0. The van der Waals surface area contributed by atoms with Crippen LogP contribution in [0.1, 0.15) is 49.7 Å². The Morgan fingerprint density at radius 2 is 1.89 bits per heavy atom. The molecule has 0 aromatic heterocycles. The topological polar surface area (TPSA) is 41.9 Å². The molecule has 4 bridgehead atoms. The summed E-state index contributed by atoms with van der Waals surface area (Å²) in [7, 11) is 1.68. The van der Waals surface area contributed by atoms with Crippen LogP contribution in [0.4, 0.5) is 0 Å². The molecule has 0 spiro atoms. The van der Waals surface area contributed by atoms with Gasteiger partial charge in [0.1, 0.15) is 5.75 Å². The molecule has 142 valence electrons. The maximum absolute atomic E-state index is 11.9. The molecule has 0 radical (unpaired) electrons. The molecule has 0 atom stereocenters. The Labute approximate surface area is 169 Å². The van der Waals surface area contributed by atoms with Gasteiger partial charge in [-0.3, -0.25) is 4.79 Å². The predicted octanol–water partition coefficient (Wildman–Crippen LogP) is 4.36. The van der Waals surface area contributed by atoms with Crippen molar-refractivity contribution in [1.82, 2.24) is 5.01 Å². The van der Waals surface area contributed by atoms with Crippen molar-refractivity contribution in [2.24, 2.45) is 22.9 Å². The zero-order valence-electron chi connectivity index (χ0n) is 15.5. The monoisotopic (exact) mass is 400 g/mol. The van der Waals surface area contributed by atoms with Gasteiger partial charge in [-0.05, 0) is 79.4 Å². The van der Waals surface area contributed by atoms with Crippen LogP contribution in [-0.4, -0.2) is 34.3 Å². The molecule has 1 aliphatic heterocycles. The number of thiocarbonyl (C=S) groups is 1. The maximum atomic E-state index is 11.9. The van der Waals surface area contributed by atoms with Crippen LogP contribution in [0.5, 0.6) is 5.75 Å². The molecule has 1 aromatic carbocycles. The molecule has 5 fully saturated rings. The van der Waals surface area contributed by atoms with Gasteiger partial charge in [-0.1, -0.05) is 30.0 Å². The Morgan fingerprint density at radius 1 is 1.22 bits per heavy atom. The third-order valence-corrected chi connectivity index (χ3v) is 8.26. The highest BCUT2D eigenvalue weighted by Crippen LogP contribution is 2.60. The van der Waals surface area contributed by atoms with Crippen molar-refractivity contribution in [3.63, 3.8) is 0 Å². The van der Waals surface area contributed by atoms with Gasteiger partial charge in [0.15, 0.2) is 4.32 Å². The summed E-state index contributed by atoms with van der Waals surface area (Å²) in [4.78, 5) is 11.9. The Morgan fingerprint density at radius 3 is 2.44 bits per heavy atom. The Kier molecular flexibility index (Phi) is 4.32. The molecule has 4 nitrogen and oxygen atoms in total. The first-order valence-corrected chi connectivity index (χ1v) is 11.2. The molecule has 0 N–H and O–H groups in total. The molecule has 6 heteroatoms. The number of hydrogen-bond donors (Lipinski definition) is 0. The molecule has 27 heavy (non-hydrogen) atoms. The van der Waals surface area contributed by atoms with Gasteiger partial charge in [-0.15, -0.1) is 0 Å². The fraction of sp³-hybridized carbons (Fsp3) is 0.571. The fourth-order valence-electron chi connectivity index (χ4n) is 6.21. The van der Waals surface area contributed by atoms with Crippen LogP contribution in [-0.2, 0) is 10.2 Å². The first-order valence-electron chi connectivity index (χ1n) is 9.78. The number of nitrogens with zero attached hydrogens (tertiary/aromatic N) is 2. The number of amides is 1. The van der Waals surface area contributed by atoms with Crippen LogP contribution in [0.15, 0.2) is 23.3 Å². The van der Waals surface area contributed by atoms with Gasteiger partial charge in [0, 0.05) is 5.56 Å². The molecule has 4 aliphatic carbocycles. The first kappa shape index (κ1) is 17.7. The minimum absolute atomic E-state index is 0.0579. The van der Waals surface area contributed by atoms with Crippen molar-refractivity contribution in [3.8, 4) is 5.75 Å². The lowest BCUT2D eigenvalue weighted by Gasteiger charge is -2.57. The molecule has 1 saturated heterocycles. The number of hydrogen-bond acceptors (Lipinski definition) is 5. The largest absolute Gasteiger partial charge is 0.496 e. The van der Waals surface area contributed by atoms with Crippen molar-refractivity contribution < 1.29 is 9.53 Å². The Bertz CT molecular complexity index is 784. The van der Waals surface area contributed by atoms with Crippen LogP contribution in [0.25, 0.3) is 0 Å². The van der Waals surface area contributed by atoms with Crippen LogP contribution >= 0.6 is 24.0 Å². The highest BCUT2D eigenvalue weighted by Gasteiger charge is 2.51. The summed E-state index contributed by atoms with van der Waals surface area (Å²) in [6, 6.07) is 6.56. The standard InChI is InChI=1S/C21H24N2O2S2/c1-25-18-3-2-17(7-16(18)11-22-23-19(24)12-27-20(23)26)21-8-13-4-14(9-21)6-15(5-13)10-21/h2-3,7,11,13-15H,4-6,8-10,12H2,1H3/b22-11+. The zero-order valence-corrected chi connectivity index (χ0v) is 17.2. The van der Waals surface area contributed by atoms with E-state index in [0.29, 0.717) is 15.5 Å². The molecular weight excluding hydrogens is 376 g/mol. The SMILES string of the molecule is COc1ccc(C23CC4CC(CC(C4)C2)C3)cc1/C=N/N1C(=O)CSC1=S. The molecule has 5 aliphatic rings. The summed E-state index contributed by atoms with van der Waals surface area (Å²) < 4.78 is 6.08. The van der Waals surface area contributed by atoms with Gasteiger partial charge in [0.05, 0.1) is 19.1 Å². The molecular formula is C21H24N2O2S2. The van der Waals surface area contributed by atoms with Gasteiger partial charge in [0.25, 0.3) is 5.91 Å². The third kappa shape index (κ3) is 3.01. The Balaban J connectivity index is 1.48.